The fourth-order valence-corrected chi connectivity index (χ4v) is 2.81. The molecule has 1 nitrogen and oxygen atoms in total. The molecule has 0 fully saturated rings. The molecule has 2 atom stereocenters. The van der Waals surface area contributed by atoms with E-state index in [1.807, 2.05) is 6.07 Å². The van der Waals surface area contributed by atoms with Gasteiger partial charge in [0, 0.05) is 6.04 Å². The Morgan fingerprint density at radius 2 is 2.13 bits per heavy atom. The van der Waals surface area contributed by atoms with Crippen LogP contribution in [0.3, 0.4) is 0 Å². The first kappa shape index (κ1) is 11.3. The summed E-state index contributed by atoms with van der Waals surface area (Å²) in [4.78, 5) is 0. The maximum atomic E-state index is 6.21. The van der Waals surface area contributed by atoms with E-state index in [1.165, 1.54) is 11.1 Å². The Labute approximate surface area is 101 Å². The molecule has 1 aliphatic rings. The zero-order chi connectivity index (χ0) is 11.0. The lowest BCUT2D eigenvalue weighted by Crippen LogP contribution is -2.23. The lowest BCUT2D eigenvalue weighted by atomic mass is 10.0. The van der Waals surface area contributed by atoms with Gasteiger partial charge in [-0.3, -0.25) is 0 Å². The van der Waals surface area contributed by atoms with Crippen LogP contribution in [0.2, 0.25) is 10.0 Å². The van der Waals surface area contributed by atoms with Crippen LogP contribution in [-0.4, -0.2) is 6.54 Å². The van der Waals surface area contributed by atoms with Crippen LogP contribution < -0.4 is 5.32 Å². The smallest absolute Gasteiger partial charge is 0.0627 e. The monoisotopic (exact) mass is 243 g/mol. The predicted molar refractivity (Wildman–Crippen MR) is 65.7 cm³/mol. The third-order valence-electron chi connectivity index (χ3n) is 3.09. The fourth-order valence-electron chi connectivity index (χ4n) is 2.38. The van der Waals surface area contributed by atoms with Gasteiger partial charge >= 0.3 is 0 Å². The van der Waals surface area contributed by atoms with E-state index in [2.05, 4.69) is 25.2 Å². The molecule has 2 unspecified atom stereocenters. The van der Waals surface area contributed by atoms with Crippen LogP contribution in [0.4, 0.5) is 0 Å². The van der Waals surface area contributed by atoms with Crippen molar-refractivity contribution >= 4 is 23.2 Å². The Bertz CT molecular complexity index is 376. The maximum absolute atomic E-state index is 6.21. The van der Waals surface area contributed by atoms with Gasteiger partial charge in [-0.15, -0.1) is 0 Å². The summed E-state index contributed by atoms with van der Waals surface area (Å²) in [7, 11) is 0. The summed E-state index contributed by atoms with van der Waals surface area (Å²) in [6, 6.07) is 4.42. The number of fused-ring (bicyclic) bond motifs is 1. The molecule has 1 N–H and O–H groups in total. The first-order valence-corrected chi connectivity index (χ1v) is 6.11. The van der Waals surface area contributed by atoms with Gasteiger partial charge < -0.3 is 5.32 Å². The average Bonchev–Trinajstić information content (AvgIpc) is 2.52. The van der Waals surface area contributed by atoms with Gasteiger partial charge in [0.2, 0.25) is 0 Å². The van der Waals surface area contributed by atoms with Crippen molar-refractivity contribution in [1.82, 2.24) is 5.32 Å². The topological polar surface area (TPSA) is 12.0 Å². The highest BCUT2D eigenvalue weighted by molar-refractivity contribution is 6.42. The second kappa shape index (κ2) is 4.32. The minimum atomic E-state index is 0.430. The fraction of sp³-hybridized carbons (Fsp3) is 0.500. The summed E-state index contributed by atoms with van der Waals surface area (Å²) in [5.41, 5.74) is 2.54. The van der Waals surface area contributed by atoms with E-state index in [-0.39, 0.29) is 0 Å². The summed E-state index contributed by atoms with van der Waals surface area (Å²) in [6.45, 7) is 5.36. The summed E-state index contributed by atoms with van der Waals surface area (Å²) >= 11 is 12.2. The zero-order valence-electron chi connectivity index (χ0n) is 8.98. The normalized spacial score (nSPS) is 24.3. The third kappa shape index (κ3) is 1.89. The molecule has 82 valence electrons. The number of halogens is 2. The number of benzene rings is 1. The SMILES string of the molecule is CCNC1c2ccc(Cl)c(Cl)c2CC1C. The van der Waals surface area contributed by atoms with E-state index >= 15 is 0 Å². The molecule has 0 aliphatic heterocycles. The predicted octanol–water partition coefficient (Wildman–Crippen LogP) is 3.84. The summed E-state index contributed by atoms with van der Waals surface area (Å²) < 4.78 is 0. The minimum absolute atomic E-state index is 0.430. The molecular formula is C12H15Cl2N. The molecule has 1 aromatic rings. The van der Waals surface area contributed by atoms with Gasteiger partial charge in [0.05, 0.1) is 10.0 Å². The molecule has 0 amide bonds. The van der Waals surface area contributed by atoms with E-state index in [0.29, 0.717) is 17.0 Å². The first-order chi connectivity index (χ1) is 7.15. The summed E-state index contributed by atoms with van der Waals surface area (Å²) in [5.74, 6) is 0.593. The molecule has 1 aromatic carbocycles. The Balaban J connectivity index is 2.42. The Hall–Kier alpha value is -0.240. The Kier molecular flexibility index (Phi) is 3.24. The largest absolute Gasteiger partial charge is 0.310 e. The Morgan fingerprint density at radius 1 is 1.40 bits per heavy atom. The average molecular weight is 244 g/mol. The van der Waals surface area contributed by atoms with Crippen molar-refractivity contribution in [1.29, 1.82) is 0 Å². The molecule has 0 radical (unpaired) electrons. The highest BCUT2D eigenvalue weighted by atomic mass is 35.5. The lowest BCUT2D eigenvalue weighted by molar-refractivity contribution is 0.426. The molecule has 0 spiro atoms. The van der Waals surface area contributed by atoms with Crippen molar-refractivity contribution in [3.8, 4) is 0 Å². The maximum Gasteiger partial charge on any atom is 0.0627 e. The molecule has 0 bridgehead atoms. The Morgan fingerprint density at radius 3 is 2.80 bits per heavy atom. The van der Waals surface area contributed by atoms with Crippen LogP contribution in [0, 0.1) is 5.92 Å². The van der Waals surface area contributed by atoms with Crippen molar-refractivity contribution < 1.29 is 0 Å². The minimum Gasteiger partial charge on any atom is -0.310 e. The van der Waals surface area contributed by atoms with Crippen molar-refractivity contribution in [3.05, 3.63) is 33.3 Å². The third-order valence-corrected chi connectivity index (χ3v) is 3.93. The molecular weight excluding hydrogens is 229 g/mol. The van der Waals surface area contributed by atoms with Gasteiger partial charge in [0.15, 0.2) is 0 Å². The van der Waals surface area contributed by atoms with Crippen LogP contribution in [-0.2, 0) is 6.42 Å². The number of hydrogen-bond donors (Lipinski definition) is 1. The summed E-state index contributed by atoms with van der Waals surface area (Å²) in [5, 5.41) is 4.90. The van der Waals surface area contributed by atoms with Crippen molar-refractivity contribution in [2.45, 2.75) is 26.3 Å². The van der Waals surface area contributed by atoms with E-state index in [4.69, 9.17) is 23.2 Å². The van der Waals surface area contributed by atoms with Crippen LogP contribution in [0.15, 0.2) is 12.1 Å². The van der Waals surface area contributed by atoms with E-state index < -0.39 is 0 Å². The van der Waals surface area contributed by atoms with Crippen LogP contribution >= 0.6 is 23.2 Å². The molecule has 0 saturated carbocycles. The summed E-state index contributed by atoms with van der Waals surface area (Å²) in [6.07, 6.45) is 1.02. The van der Waals surface area contributed by atoms with Crippen molar-refractivity contribution in [2.75, 3.05) is 6.54 Å². The van der Waals surface area contributed by atoms with E-state index in [9.17, 15) is 0 Å². The molecule has 0 aromatic heterocycles. The number of nitrogens with one attached hydrogen (secondary N) is 1. The molecule has 15 heavy (non-hydrogen) atoms. The van der Waals surface area contributed by atoms with Crippen LogP contribution in [0.5, 0.6) is 0 Å². The van der Waals surface area contributed by atoms with Gasteiger partial charge in [0.1, 0.15) is 0 Å². The van der Waals surface area contributed by atoms with Crippen LogP contribution in [0.1, 0.15) is 31.0 Å². The zero-order valence-corrected chi connectivity index (χ0v) is 10.5. The number of hydrogen-bond acceptors (Lipinski definition) is 1. The molecule has 3 heteroatoms. The molecule has 2 rings (SSSR count). The van der Waals surface area contributed by atoms with E-state index in [1.54, 1.807) is 0 Å². The van der Waals surface area contributed by atoms with Crippen molar-refractivity contribution in [2.24, 2.45) is 5.92 Å². The lowest BCUT2D eigenvalue weighted by Gasteiger charge is -2.17. The van der Waals surface area contributed by atoms with Crippen molar-refractivity contribution in [3.63, 3.8) is 0 Å². The highest BCUT2D eigenvalue weighted by Gasteiger charge is 2.30. The molecule has 0 saturated heterocycles. The van der Waals surface area contributed by atoms with Gasteiger partial charge in [-0.05, 0) is 36.1 Å². The second-order valence-corrected chi connectivity index (χ2v) is 4.93. The molecule has 1 aliphatic carbocycles. The standard InChI is InChI=1S/C12H15Cl2N/c1-3-15-12-7(2)6-9-8(12)4-5-10(13)11(9)14/h4-5,7,12,15H,3,6H2,1-2H3. The van der Waals surface area contributed by atoms with E-state index in [0.717, 1.165) is 18.0 Å². The van der Waals surface area contributed by atoms with Gasteiger partial charge in [0.25, 0.3) is 0 Å². The van der Waals surface area contributed by atoms with Gasteiger partial charge in [-0.2, -0.15) is 0 Å². The molecule has 0 heterocycles. The quantitative estimate of drug-likeness (QED) is 0.833. The van der Waals surface area contributed by atoms with Gasteiger partial charge in [-0.1, -0.05) is 43.1 Å². The van der Waals surface area contributed by atoms with Crippen LogP contribution in [0.25, 0.3) is 0 Å². The van der Waals surface area contributed by atoms with Gasteiger partial charge in [-0.25, -0.2) is 0 Å². The number of rotatable bonds is 2. The first-order valence-electron chi connectivity index (χ1n) is 5.35. The highest BCUT2D eigenvalue weighted by Crippen LogP contribution is 2.41. The second-order valence-electron chi connectivity index (χ2n) is 4.15.